The van der Waals surface area contributed by atoms with Crippen LogP contribution in [0, 0.1) is 10.1 Å². The van der Waals surface area contributed by atoms with Crippen molar-refractivity contribution in [3.8, 4) is 0 Å². The third-order valence-corrected chi connectivity index (χ3v) is 7.45. The zero-order chi connectivity index (χ0) is 21.2. The first-order valence-electron chi connectivity index (χ1n) is 8.61. The molecule has 0 aromatic heterocycles. The highest BCUT2D eigenvalue weighted by molar-refractivity contribution is 7.54. The van der Waals surface area contributed by atoms with E-state index in [0.29, 0.717) is 31.7 Å². The molecule has 0 radical (unpaired) electrons. The van der Waals surface area contributed by atoms with Gasteiger partial charge in [-0.25, -0.2) is 9.34 Å². The zero-order valence-corrected chi connectivity index (χ0v) is 19.4. The number of rotatable bonds is 14. The first kappa shape index (κ1) is 25.9. The fourth-order valence-corrected chi connectivity index (χ4v) is 6.42. The van der Waals surface area contributed by atoms with Crippen LogP contribution in [0.15, 0.2) is 24.3 Å². The van der Waals surface area contributed by atoms with Crippen molar-refractivity contribution in [2.75, 3.05) is 49.7 Å². The molecule has 1 aromatic rings. The quantitative estimate of drug-likeness (QED) is 0.150. The lowest BCUT2D eigenvalue weighted by atomic mass is 10.1. The molecule has 0 fully saturated rings. The first-order valence-corrected chi connectivity index (χ1v) is 12.3. The van der Waals surface area contributed by atoms with E-state index in [-0.39, 0.29) is 29.2 Å². The third-order valence-electron chi connectivity index (χ3n) is 3.95. The van der Waals surface area contributed by atoms with Crippen molar-refractivity contribution >= 4 is 59.8 Å². The van der Waals surface area contributed by atoms with Gasteiger partial charge in [-0.3, -0.25) is 19.2 Å². The lowest BCUT2D eigenvalue weighted by Gasteiger charge is -2.39. The molecule has 0 bridgehead atoms. The molecule has 0 spiro atoms. The highest BCUT2D eigenvalue weighted by Gasteiger charge is 2.39. The second-order valence-electron chi connectivity index (χ2n) is 5.75. The average Bonchev–Trinajstić information content (AvgIpc) is 2.67. The van der Waals surface area contributed by atoms with Crippen molar-refractivity contribution in [2.24, 2.45) is 0 Å². The number of benzene rings is 1. The molecule has 0 amide bonds. The Labute approximate surface area is 185 Å². The summed E-state index contributed by atoms with van der Waals surface area (Å²) in [5, 5.41) is 10.8. The number of nitro groups is 1. The van der Waals surface area contributed by atoms with Gasteiger partial charge in [0.25, 0.3) is 5.69 Å². The molecule has 0 aliphatic heterocycles. The molecule has 1 aromatic carbocycles. The molecule has 1 unspecified atom stereocenters. The van der Waals surface area contributed by atoms with Gasteiger partial charge >= 0.3 is 7.67 Å². The Morgan fingerprint density at radius 1 is 0.964 bits per heavy atom. The monoisotopic (exact) mass is 493 g/mol. The summed E-state index contributed by atoms with van der Waals surface area (Å²) in [4.78, 5) is 10.4. The molecule has 28 heavy (non-hydrogen) atoms. The largest absolute Gasteiger partial charge is 0.346 e. The van der Waals surface area contributed by atoms with Crippen molar-refractivity contribution < 1.29 is 14.0 Å². The van der Waals surface area contributed by atoms with Crippen molar-refractivity contribution in [1.29, 1.82) is 0 Å². The minimum absolute atomic E-state index is 0.0315. The summed E-state index contributed by atoms with van der Waals surface area (Å²) in [6.07, 6.45) is -0.604. The molecule has 7 nitrogen and oxygen atoms in total. The minimum atomic E-state index is -3.56. The highest BCUT2D eigenvalue weighted by atomic mass is 35.5. The molecule has 0 saturated heterocycles. The number of hydrogen-bond acceptors (Lipinski definition) is 4. The van der Waals surface area contributed by atoms with Crippen molar-refractivity contribution in [2.45, 2.75) is 13.0 Å². The maximum absolute atomic E-state index is 14.0. The molecule has 1 atom stereocenters. The fourth-order valence-electron chi connectivity index (χ4n) is 2.57. The topological polar surface area (TPSA) is 75.9 Å². The van der Waals surface area contributed by atoms with Gasteiger partial charge in [-0.2, -0.15) is 0 Å². The van der Waals surface area contributed by atoms with Crippen LogP contribution in [0.1, 0.15) is 18.6 Å². The van der Waals surface area contributed by atoms with Crippen LogP contribution in [0.2, 0.25) is 0 Å². The predicted molar refractivity (Wildman–Crippen MR) is 116 cm³/mol. The molecule has 0 saturated carbocycles. The van der Waals surface area contributed by atoms with E-state index in [9.17, 15) is 14.7 Å². The lowest BCUT2D eigenvalue weighted by Crippen LogP contribution is -2.37. The van der Waals surface area contributed by atoms with Gasteiger partial charge in [0.15, 0.2) is 0 Å². The number of alkyl halides is 4. The van der Waals surface area contributed by atoms with Gasteiger partial charge in [-0.1, -0.05) is 0 Å². The SMILES string of the molecule is CC(OP(=O)(N(CCCl)CCCl)N(CCCl)CCCl)c1ccc([N+](=O)[O-])cc1. The lowest BCUT2D eigenvalue weighted by molar-refractivity contribution is -0.384. The Morgan fingerprint density at radius 2 is 1.36 bits per heavy atom. The molecule has 0 aliphatic carbocycles. The van der Waals surface area contributed by atoms with Crippen LogP contribution < -0.4 is 0 Å². The van der Waals surface area contributed by atoms with E-state index in [1.165, 1.54) is 12.1 Å². The smallest absolute Gasteiger partial charge is 0.298 e. The fraction of sp³-hybridized carbons (Fsp3) is 0.625. The normalized spacial score (nSPS) is 13.2. The number of nitro benzene ring substituents is 1. The van der Waals surface area contributed by atoms with Crippen LogP contribution in [0.5, 0.6) is 0 Å². The Kier molecular flexibility index (Phi) is 12.3. The molecule has 0 N–H and O–H groups in total. The Balaban J connectivity index is 3.21. The van der Waals surface area contributed by atoms with E-state index in [0.717, 1.165) is 0 Å². The van der Waals surface area contributed by atoms with Crippen LogP contribution in [0.3, 0.4) is 0 Å². The van der Waals surface area contributed by atoms with Gasteiger partial charge in [-0.05, 0) is 24.6 Å². The van der Waals surface area contributed by atoms with Gasteiger partial charge in [-0.15, -0.1) is 46.4 Å². The molecule has 1 rings (SSSR count). The number of hydrogen-bond donors (Lipinski definition) is 0. The number of non-ortho nitro benzene ring substituents is 1. The molecule has 12 heteroatoms. The standard InChI is InChI=1S/C16H24Cl4N3O4P/c1-14(15-2-4-16(5-3-15)23(24)25)27-28(26,21(10-6-17)11-7-18)22(12-8-19)13-9-20/h2-5,14H,6-13H2,1H3. The zero-order valence-electron chi connectivity index (χ0n) is 15.5. The first-order chi connectivity index (χ1) is 13.3. The third kappa shape index (κ3) is 7.29. The van der Waals surface area contributed by atoms with Crippen LogP contribution in [0.4, 0.5) is 5.69 Å². The molecule has 0 heterocycles. The average molecular weight is 495 g/mol. The second kappa shape index (κ2) is 13.2. The van der Waals surface area contributed by atoms with Crippen LogP contribution in [0.25, 0.3) is 0 Å². The summed E-state index contributed by atoms with van der Waals surface area (Å²) in [6, 6.07) is 5.91. The minimum Gasteiger partial charge on any atom is -0.298 e. The van der Waals surface area contributed by atoms with Crippen LogP contribution >= 0.6 is 54.1 Å². The summed E-state index contributed by atoms with van der Waals surface area (Å²) in [6.45, 7) is 2.95. The van der Waals surface area contributed by atoms with E-state index in [4.69, 9.17) is 50.9 Å². The van der Waals surface area contributed by atoms with Gasteiger partial charge in [0.2, 0.25) is 0 Å². The second-order valence-corrected chi connectivity index (χ2v) is 9.59. The summed E-state index contributed by atoms with van der Waals surface area (Å²) in [7, 11) is -3.56. The Bertz CT molecular complexity index is 621. The molecular formula is C16H24Cl4N3O4P. The van der Waals surface area contributed by atoms with Crippen molar-refractivity contribution in [1.82, 2.24) is 9.34 Å². The number of halogens is 4. The predicted octanol–water partition coefficient (Wildman–Crippen LogP) is 5.34. The van der Waals surface area contributed by atoms with E-state index in [1.54, 1.807) is 28.4 Å². The Morgan fingerprint density at radius 3 is 1.68 bits per heavy atom. The van der Waals surface area contributed by atoms with E-state index in [1.807, 2.05) is 0 Å². The summed E-state index contributed by atoms with van der Waals surface area (Å²) in [5.41, 5.74) is 0.621. The van der Waals surface area contributed by atoms with E-state index in [2.05, 4.69) is 0 Å². The molecule has 160 valence electrons. The summed E-state index contributed by atoms with van der Waals surface area (Å²) in [5.74, 6) is 0.967. The van der Waals surface area contributed by atoms with Crippen LogP contribution in [-0.4, -0.2) is 64.0 Å². The molecule has 0 aliphatic rings. The highest BCUT2D eigenvalue weighted by Crippen LogP contribution is 2.57. The summed E-state index contributed by atoms with van der Waals surface area (Å²) < 4.78 is 23.3. The van der Waals surface area contributed by atoms with Crippen molar-refractivity contribution in [3.05, 3.63) is 39.9 Å². The van der Waals surface area contributed by atoms with Gasteiger partial charge in [0.05, 0.1) is 11.0 Å². The van der Waals surface area contributed by atoms with E-state index >= 15 is 0 Å². The molecular weight excluding hydrogens is 471 g/mol. The number of nitrogens with zero attached hydrogens (tertiary/aromatic N) is 3. The Hall–Kier alpha value is -0.110. The van der Waals surface area contributed by atoms with Crippen molar-refractivity contribution in [3.63, 3.8) is 0 Å². The van der Waals surface area contributed by atoms with Gasteiger partial charge < -0.3 is 0 Å². The summed E-state index contributed by atoms with van der Waals surface area (Å²) >= 11 is 23.6. The van der Waals surface area contributed by atoms with Crippen LogP contribution in [-0.2, 0) is 9.09 Å². The van der Waals surface area contributed by atoms with Gasteiger partial charge in [0.1, 0.15) is 0 Å². The maximum Gasteiger partial charge on any atom is 0.346 e. The van der Waals surface area contributed by atoms with E-state index < -0.39 is 18.7 Å². The maximum atomic E-state index is 14.0. The van der Waals surface area contributed by atoms with Gasteiger partial charge in [0, 0.05) is 61.8 Å².